The number of morpholine rings is 1. The number of dihydropyridines is 1. The lowest BCUT2D eigenvalue weighted by Gasteiger charge is -2.26. The van der Waals surface area contributed by atoms with Gasteiger partial charge in [0.1, 0.15) is 0 Å². The summed E-state index contributed by atoms with van der Waals surface area (Å²) in [6.45, 7) is 9.75. The lowest BCUT2D eigenvalue weighted by molar-refractivity contribution is -0.120. The standard InChI is InChI=1S/C29H34N4O4/c1-18-13-19(2)32-29(36)26(18)16-31-28(35)25-15-23(14-24(20(25)3)27(34)30-4)22-7-5-21(6-8-22)17-33-9-11-37-12-10-33/h5-8,13-15,26H,9-12,16-17H2,1-4H3,(H,30,34)(H,31,35). The van der Waals surface area contributed by atoms with Crippen molar-refractivity contribution in [3.05, 3.63) is 70.3 Å². The van der Waals surface area contributed by atoms with E-state index in [1.807, 2.05) is 37.3 Å². The van der Waals surface area contributed by atoms with Crippen molar-refractivity contribution < 1.29 is 19.1 Å². The first-order valence-electron chi connectivity index (χ1n) is 12.6. The molecule has 0 spiro atoms. The Morgan fingerprint density at radius 2 is 1.65 bits per heavy atom. The summed E-state index contributed by atoms with van der Waals surface area (Å²) in [7, 11) is 1.57. The van der Waals surface area contributed by atoms with Crippen LogP contribution in [0.5, 0.6) is 0 Å². The van der Waals surface area contributed by atoms with Gasteiger partial charge in [0.25, 0.3) is 17.7 Å². The minimum Gasteiger partial charge on any atom is -0.379 e. The number of nitrogens with zero attached hydrogens (tertiary/aromatic N) is 2. The highest BCUT2D eigenvalue weighted by Gasteiger charge is 2.25. The molecule has 2 N–H and O–H groups in total. The maximum atomic E-state index is 13.3. The summed E-state index contributed by atoms with van der Waals surface area (Å²) in [5.74, 6) is -1.34. The maximum absolute atomic E-state index is 13.3. The molecule has 0 radical (unpaired) electrons. The molecule has 4 rings (SSSR count). The molecule has 1 atom stereocenters. The van der Waals surface area contributed by atoms with Gasteiger partial charge < -0.3 is 15.4 Å². The highest BCUT2D eigenvalue weighted by Crippen LogP contribution is 2.27. The van der Waals surface area contributed by atoms with E-state index in [1.54, 1.807) is 20.9 Å². The minimum absolute atomic E-state index is 0.145. The normalized spacial score (nSPS) is 18.2. The number of benzene rings is 2. The molecule has 0 aromatic heterocycles. The van der Waals surface area contributed by atoms with E-state index in [9.17, 15) is 14.4 Å². The Bertz CT molecular complexity index is 1260. The summed E-state index contributed by atoms with van der Waals surface area (Å²) in [5.41, 5.74) is 5.84. The Hall–Kier alpha value is -3.62. The second-order valence-corrected chi connectivity index (χ2v) is 9.60. The van der Waals surface area contributed by atoms with E-state index in [1.165, 1.54) is 5.56 Å². The number of ether oxygens (including phenoxy) is 1. The van der Waals surface area contributed by atoms with Crippen LogP contribution in [0.1, 0.15) is 45.7 Å². The summed E-state index contributed by atoms with van der Waals surface area (Å²) >= 11 is 0. The molecule has 1 fully saturated rings. The Kier molecular flexibility index (Phi) is 8.31. The van der Waals surface area contributed by atoms with Crippen LogP contribution in [0.3, 0.4) is 0 Å². The third-order valence-electron chi connectivity index (χ3n) is 6.96. The molecular formula is C29H34N4O4. The van der Waals surface area contributed by atoms with Crippen LogP contribution in [0.2, 0.25) is 0 Å². The number of allylic oxidation sites excluding steroid dienone is 1. The topological polar surface area (TPSA) is 100 Å². The van der Waals surface area contributed by atoms with Crippen molar-refractivity contribution in [2.75, 3.05) is 39.9 Å². The van der Waals surface area contributed by atoms with Crippen LogP contribution in [0, 0.1) is 12.8 Å². The number of amides is 3. The van der Waals surface area contributed by atoms with Gasteiger partial charge in [-0.05, 0) is 61.2 Å². The predicted molar refractivity (Wildman–Crippen MR) is 144 cm³/mol. The lowest BCUT2D eigenvalue weighted by Crippen LogP contribution is -2.35. The van der Waals surface area contributed by atoms with Crippen molar-refractivity contribution in [3.63, 3.8) is 0 Å². The average Bonchev–Trinajstić information content (AvgIpc) is 2.88. The summed E-state index contributed by atoms with van der Waals surface area (Å²) in [4.78, 5) is 44.7. The molecule has 37 heavy (non-hydrogen) atoms. The van der Waals surface area contributed by atoms with Crippen molar-refractivity contribution in [1.29, 1.82) is 0 Å². The van der Waals surface area contributed by atoms with Crippen molar-refractivity contribution in [3.8, 4) is 11.1 Å². The van der Waals surface area contributed by atoms with E-state index < -0.39 is 5.92 Å². The predicted octanol–water partition coefficient (Wildman–Crippen LogP) is 3.15. The van der Waals surface area contributed by atoms with E-state index in [4.69, 9.17) is 4.74 Å². The Morgan fingerprint density at radius 3 is 2.27 bits per heavy atom. The lowest BCUT2D eigenvalue weighted by atomic mass is 9.93. The number of carbonyl (C=O) groups is 3. The smallest absolute Gasteiger partial charge is 0.254 e. The fraction of sp³-hybridized carbons (Fsp3) is 0.379. The summed E-state index contributed by atoms with van der Waals surface area (Å²) in [6.07, 6.45) is 1.86. The van der Waals surface area contributed by atoms with Crippen molar-refractivity contribution in [2.45, 2.75) is 27.3 Å². The first-order chi connectivity index (χ1) is 17.8. The van der Waals surface area contributed by atoms with Gasteiger partial charge in [0.2, 0.25) is 0 Å². The van der Waals surface area contributed by atoms with Gasteiger partial charge in [-0.1, -0.05) is 29.8 Å². The van der Waals surface area contributed by atoms with E-state index in [-0.39, 0.29) is 24.3 Å². The van der Waals surface area contributed by atoms with Crippen LogP contribution >= 0.6 is 0 Å². The number of hydrogen-bond acceptors (Lipinski definition) is 5. The van der Waals surface area contributed by atoms with Gasteiger partial charge in [-0.15, -0.1) is 0 Å². The van der Waals surface area contributed by atoms with Gasteiger partial charge in [-0.25, -0.2) is 4.99 Å². The van der Waals surface area contributed by atoms with Crippen LogP contribution < -0.4 is 10.6 Å². The van der Waals surface area contributed by atoms with Gasteiger partial charge in [0, 0.05) is 50.1 Å². The molecule has 1 unspecified atom stereocenters. The Morgan fingerprint density at radius 1 is 1.00 bits per heavy atom. The summed E-state index contributed by atoms with van der Waals surface area (Å²) < 4.78 is 5.43. The molecule has 0 bridgehead atoms. The molecular weight excluding hydrogens is 468 g/mol. The number of nitrogens with one attached hydrogen (secondary N) is 2. The maximum Gasteiger partial charge on any atom is 0.254 e. The second-order valence-electron chi connectivity index (χ2n) is 9.60. The Labute approximate surface area is 217 Å². The molecule has 194 valence electrons. The molecule has 2 aliphatic rings. The van der Waals surface area contributed by atoms with Gasteiger partial charge in [-0.2, -0.15) is 0 Å². The summed E-state index contributed by atoms with van der Waals surface area (Å²) in [5, 5.41) is 5.55. The van der Waals surface area contributed by atoms with E-state index >= 15 is 0 Å². The molecule has 2 aliphatic heterocycles. The molecule has 1 saturated heterocycles. The number of rotatable bonds is 7. The molecule has 0 aliphatic carbocycles. The average molecular weight is 503 g/mol. The first kappa shape index (κ1) is 26.4. The van der Waals surface area contributed by atoms with E-state index in [2.05, 4.69) is 32.7 Å². The van der Waals surface area contributed by atoms with E-state index in [0.29, 0.717) is 22.4 Å². The van der Waals surface area contributed by atoms with Gasteiger partial charge in [0.15, 0.2) is 0 Å². The Balaban J connectivity index is 1.57. The summed E-state index contributed by atoms with van der Waals surface area (Å²) in [6, 6.07) is 11.8. The molecule has 2 heterocycles. The van der Waals surface area contributed by atoms with Gasteiger partial charge in [-0.3, -0.25) is 19.3 Å². The van der Waals surface area contributed by atoms with Gasteiger partial charge in [0.05, 0.1) is 19.1 Å². The molecule has 8 nitrogen and oxygen atoms in total. The van der Waals surface area contributed by atoms with Crippen LogP contribution in [0.15, 0.2) is 53.0 Å². The fourth-order valence-corrected chi connectivity index (χ4v) is 4.75. The minimum atomic E-state index is -0.492. The SMILES string of the molecule is CNC(=O)c1cc(-c2ccc(CN3CCOCC3)cc2)cc(C(=O)NCC2C(=O)N=C(C)C=C2C)c1C. The third kappa shape index (κ3) is 6.21. The number of aliphatic imine (C=N–C) groups is 1. The van der Waals surface area contributed by atoms with Crippen molar-refractivity contribution in [2.24, 2.45) is 10.9 Å². The number of hydrogen-bond donors (Lipinski definition) is 2. The largest absolute Gasteiger partial charge is 0.379 e. The van der Waals surface area contributed by atoms with Crippen LogP contribution in [-0.2, 0) is 16.1 Å². The zero-order valence-corrected chi connectivity index (χ0v) is 21.9. The quantitative estimate of drug-likeness (QED) is 0.606. The third-order valence-corrected chi connectivity index (χ3v) is 6.96. The molecule has 3 amide bonds. The van der Waals surface area contributed by atoms with Crippen LogP contribution in [0.4, 0.5) is 0 Å². The molecule has 0 saturated carbocycles. The van der Waals surface area contributed by atoms with Crippen LogP contribution in [-0.4, -0.2) is 68.2 Å². The van der Waals surface area contributed by atoms with Crippen LogP contribution in [0.25, 0.3) is 11.1 Å². The van der Waals surface area contributed by atoms with Gasteiger partial charge >= 0.3 is 0 Å². The van der Waals surface area contributed by atoms with E-state index in [0.717, 1.165) is 49.5 Å². The first-order valence-corrected chi connectivity index (χ1v) is 12.6. The highest BCUT2D eigenvalue weighted by molar-refractivity contribution is 6.06. The zero-order valence-electron chi connectivity index (χ0n) is 21.9. The fourth-order valence-electron chi connectivity index (χ4n) is 4.75. The second kappa shape index (κ2) is 11.6. The highest BCUT2D eigenvalue weighted by atomic mass is 16.5. The van der Waals surface area contributed by atoms with Crippen molar-refractivity contribution in [1.82, 2.24) is 15.5 Å². The van der Waals surface area contributed by atoms with Crippen molar-refractivity contribution >= 4 is 23.4 Å². The molecule has 8 heteroatoms. The number of carbonyl (C=O) groups excluding carboxylic acids is 3. The monoisotopic (exact) mass is 502 g/mol. The molecule has 2 aromatic rings. The zero-order chi connectivity index (χ0) is 26.5. The molecule has 2 aromatic carbocycles.